The van der Waals surface area contributed by atoms with E-state index in [2.05, 4.69) is 0 Å². The zero-order chi connectivity index (χ0) is 23.4. The normalized spacial score (nSPS) is 19.5. The maximum Gasteiger partial charge on any atom is 0.270 e. The lowest BCUT2D eigenvalue weighted by Gasteiger charge is -2.49. The van der Waals surface area contributed by atoms with Crippen LogP contribution in [0.1, 0.15) is 37.9 Å². The summed E-state index contributed by atoms with van der Waals surface area (Å²) >= 11 is 0. The summed E-state index contributed by atoms with van der Waals surface area (Å²) in [5, 5.41) is 11.1. The van der Waals surface area contributed by atoms with Crippen molar-refractivity contribution in [1.29, 1.82) is 0 Å². The number of imide groups is 1. The molecule has 0 aliphatic carbocycles. The minimum Gasteiger partial charge on any atom is -0.300 e. The van der Waals surface area contributed by atoms with Crippen molar-refractivity contribution in [2.75, 3.05) is 4.90 Å². The first-order chi connectivity index (χ1) is 15.8. The molecule has 0 radical (unpaired) electrons. The summed E-state index contributed by atoms with van der Waals surface area (Å²) in [6, 6.07) is 14.2. The zero-order valence-electron chi connectivity index (χ0n) is 17.3. The van der Waals surface area contributed by atoms with Gasteiger partial charge in [-0.1, -0.05) is 24.3 Å². The van der Waals surface area contributed by atoms with Crippen molar-refractivity contribution in [3.63, 3.8) is 0 Å². The van der Waals surface area contributed by atoms with Gasteiger partial charge in [-0.2, -0.15) is 0 Å². The number of β-lactam (4-membered cyclic amide) rings is 1. The lowest BCUT2D eigenvalue weighted by atomic mass is 9.86. The molecule has 0 unspecified atom stereocenters. The van der Waals surface area contributed by atoms with Crippen LogP contribution in [0.5, 0.6) is 0 Å². The van der Waals surface area contributed by atoms with Crippen molar-refractivity contribution in [3.8, 4) is 0 Å². The highest BCUT2D eigenvalue weighted by atomic mass is 19.1. The van der Waals surface area contributed by atoms with E-state index in [-0.39, 0.29) is 16.8 Å². The van der Waals surface area contributed by atoms with Crippen LogP contribution in [-0.4, -0.2) is 33.6 Å². The smallest absolute Gasteiger partial charge is 0.270 e. The Labute approximate surface area is 187 Å². The average molecular weight is 445 g/mol. The standard InChI is InChI=1S/C24H16FN3O5/c1-13-3-2-4-16(11-13)26-20(14-5-7-15(25)8-6-14)21(24(26)31)27-22(29)18-10-9-17(28(32)33)12-19(18)23(27)30/h2-12,20-21H,1H3/t20-,21+/m1/s1. The summed E-state index contributed by atoms with van der Waals surface area (Å²) in [5.74, 6) is -2.40. The molecule has 2 aliphatic heterocycles. The number of anilines is 1. The van der Waals surface area contributed by atoms with Gasteiger partial charge in [-0.3, -0.25) is 29.4 Å². The van der Waals surface area contributed by atoms with Gasteiger partial charge < -0.3 is 4.90 Å². The van der Waals surface area contributed by atoms with Crippen LogP contribution in [0.4, 0.5) is 15.8 Å². The highest BCUT2D eigenvalue weighted by Gasteiger charge is 2.57. The van der Waals surface area contributed by atoms with Crippen molar-refractivity contribution in [3.05, 3.63) is 105 Å². The second kappa shape index (κ2) is 7.33. The molecule has 33 heavy (non-hydrogen) atoms. The lowest BCUT2D eigenvalue weighted by molar-refractivity contribution is -0.384. The Hall–Kier alpha value is -4.40. The zero-order valence-corrected chi connectivity index (χ0v) is 17.3. The van der Waals surface area contributed by atoms with E-state index in [0.29, 0.717) is 11.3 Å². The number of nitrogens with zero attached hydrogens (tertiary/aromatic N) is 3. The molecule has 0 saturated carbocycles. The van der Waals surface area contributed by atoms with Gasteiger partial charge in [0.15, 0.2) is 0 Å². The van der Waals surface area contributed by atoms with Crippen LogP contribution >= 0.6 is 0 Å². The number of amides is 3. The third kappa shape index (κ3) is 3.08. The molecule has 0 aromatic heterocycles. The van der Waals surface area contributed by atoms with Crippen LogP contribution < -0.4 is 4.90 Å². The highest BCUT2D eigenvalue weighted by molar-refractivity contribution is 6.25. The topological polar surface area (TPSA) is 101 Å². The van der Waals surface area contributed by atoms with Crippen molar-refractivity contribution in [2.24, 2.45) is 0 Å². The van der Waals surface area contributed by atoms with E-state index in [1.807, 2.05) is 13.0 Å². The summed E-state index contributed by atoms with van der Waals surface area (Å²) in [6.07, 6.45) is 0. The Morgan fingerprint density at radius 1 is 0.848 bits per heavy atom. The highest BCUT2D eigenvalue weighted by Crippen LogP contribution is 2.44. The predicted octanol–water partition coefficient (Wildman–Crippen LogP) is 3.80. The van der Waals surface area contributed by atoms with E-state index >= 15 is 0 Å². The number of carbonyl (C=O) groups is 3. The first-order valence-corrected chi connectivity index (χ1v) is 10.1. The number of carbonyl (C=O) groups excluding carboxylic acids is 3. The SMILES string of the molecule is Cc1cccc(N2C(=O)[C@@H](N3C(=O)c4ccc([N+](=O)[O-])cc4C3=O)[C@H]2c2ccc(F)cc2)c1. The fourth-order valence-electron chi connectivity index (χ4n) is 4.40. The summed E-state index contributed by atoms with van der Waals surface area (Å²) in [6.45, 7) is 1.87. The third-order valence-corrected chi connectivity index (χ3v) is 5.95. The van der Waals surface area contributed by atoms with Crippen molar-refractivity contribution in [2.45, 2.75) is 19.0 Å². The van der Waals surface area contributed by atoms with Gasteiger partial charge in [-0.25, -0.2) is 4.39 Å². The minimum absolute atomic E-state index is 0.00487. The van der Waals surface area contributed by atoms with E-state index in [0.717, 1.165) is 22.6 Å². The molecule has 2 atom stereocenters. The Kier molecular flexibility index (Phi) is 4.56. The second-order valence-corrected chi connectivity index (χ2v) is 7.96. The summed E-state index contributed by atoms with van der Waals surface area (Å²) < 4.78 is 13.6. The molecule has 1 saturated heterocycles. The number of non-ortho nitro benzene ring substituents is 1. The molecule has 3 amide bonds. The number of aryl methyl sites for hydroxylation is 1. The average Bonchev–Trinajstić information content (AvgIpc) is 3.03. The van der Waals surface area contributed by atoms with Gasteiger partial charge in [0, 0.05) is 17.8 Å². The molecular formula is C24H16FN3O5. The van der Waals surface area contributed by atoms with Crippen LogP contribution in [0.25, 0.3) is 0 Å². The summed E-state index contributed by atoms with van der Waals surface area (Å²) in [4.78, 5) is 52.4. The third-order valence-electron chi connectivity index (χ3n) is 5.95. The number of benzene rings is 3. The minimum atomic E-state index is -1.16. The molecule has 2 heterocycles. The first-order valence-electron chi connectivity index (χ1n) is 10.1. The molecule has 8 nitrogen and oxygen atoms in total. The monoisotopic (exact) mass is 445 g/mol. The van der Waals surface area contributed by atoms with Gasteiger partial charge in [0.25, 0.3) is 23.4 Å². The maximum atomic E-state index is 13.6. The number of rotatable bonds is 4. The number of hydrogen-bond acceptors (Lipinski definition) is 5. The molecule has 2 aliphatic rings. The largest absolute Gasteiger partial charge is 0.300 e. The second-order valence-electron chi connectivity index (χ2n) is 7.96. The van der Waals surface area contributed by atoms with E-state index in [1.165, 1.54) is 35.2 Å². The summed E-state index contributed by atoms with van der Waals surface area (Å²) in [7, 11) is 0. The number of nitro benzene ring substituents is 1. The molecule has 0 N–H and O–H groups in total. The molecule has 5 rings (SSSR count). The van der Waals surface area contributed by atoms with Crippen LogP contribution in [0.2, 0.25) is 0 Å². The predicted molar refractivity (Wildman–Crippen MR) is 115 cm³/mol. The van der Waals surface area contributed by atoms with Crippen molar-refractivity contribution in [1.82, 2.24) is 4.90 Å². The van der Waals surface area contributed by atoms with Crippen molar-refractivity contribution < 1.29 is 23.7 Å². The van der Waals surface area contributed by atoms with E-state index in [1.54, 1.807) is 18.2 Å². The molecule has 164 valence electrons. The fraction of sp³-hybridized carbons (Fsp3) is 0.125. The van der Waals surface area contributed by atoms with Gasteiger partial charge in [0.05, 0.1) is 22.1 Å². The van der Waals surface area contributed by atoms with Crippen LogP contribution in [0.3, 0.4) is 0 Å². The molecule has 0 spiro atoms. The first kappa shape index (κ1) is 20.5. The Morgan fingerprint density at radius 2 is 1.55 bits per heavy atom. The number of fused-ring (bicyclic) bond motifs is 1. The molecule has 1 fully saturated rings. The quantitative estimate of drug-likeness (QED) is 0.263. The van der Waals surface area contributed by atoms with E-state index in [4.69, 9.17) is 0 Å². The fourth-order valence-corrected chi connectivity index (χ4v) is 4.40. The van der Waals surface area contributed by atoms with Crippen LogP contribution in [-0.2, 0) is 4.79 Å². The number of hydrogen-bond donors (Lipinski definition) is 0. The van der Waals surface area contributed by atoms with Gasteiger partial charge in [0.2, 0.25) is 0 Å². The molecular weight excluding hydrogens is 429 g/mol. The number of nitro groups is 1. The molecule has 3 aromatic rings. The van der Waals surface area contributed by atoms with Gasteiger partial charge in [0.1, 0.15) is 11.9 Å². The van der Waals surface area contributed by atoms with E-state index in [9.17, 15) is 28.9 Å². The molecule has 9 heteroatoms. The van der Waals surface area contributed by atoms with Gasteiger partial charge >= 0.3 is 0 Å². The van der Waals surface area contributed by atoms with E-state index < -0.39 is 40.5 Å². The van der Waals surface area contributed by atoms with Gasteiger partial charge in [-0.15, -0.1) is 0 Å². The lowest BCUT2D eigenvalue weighted by Crippen LogP contribution is -2.67. The van der Waals surface area contributed by atoms with Gasteiger partial charge in [-0.05, 0) is 48.4 Å². The Morgan fingerprint density at radius 3 is 2.21 bits per heavy atom. The summed E-state index contributed by atoms with van der Waals surface area (Å²) in [5.41, 5.74) is 1.60. The Balaban J connectivity index is 1.58. The Bertz CT molecular complexity index is 1350. The number of halogens is 1. The maximum absolute atomic E-state index is 13.6. The molecule has 0 bridgehead atoms. The molecule has 3 aromatic carbocycles. The van der Waals surface area contributed by atoms with Crippen molar-refractivity contribution >= 4 is 29.1 Å². The van der Waals surface area contributed by atoms with Crippen LogP contribution in [0.15, 0.2) is 66.7 Å². The van der Waals surface area contributed by atoms with Crippen LogP contribution in [0, 0.1) is 22.9 Å².